The van der Waals surface area contributed by atoms with E-state index in [1.165, 1.54) is 23.5 Å². The summed E-state index contributed by atoms with van der Waals surface area (Å²) in [4.78, 5) is 12.3. The quantitative estimate of drug-likeness (QED) is 0.690. The van der Waals surface area contributed by atoms with Gasteiger partial charge in [0.25, 0.3) is 0 Å². The van der Waals surface area contributed by atoms with Gasteiger partial charge in [-0.15, -0.1) is 11.3 Å². The molecular formula is C14H10FNO3S. The first-order chi connectivity index (χ1) is 9.63. The van der Waals surface area contributed by atoms with Gasteiger partial charge in [-0.25, -0.2) is 9.18 Å². The van der Waals surface area contributed by atoms with E-state index >= 15 is 0 Å². The predicted molar refractivity (Wildman–Crippen MR) is 72.1 cm³/mol. The zero-order valence-electron chi connectivity index (χ0n) is 10.6. The number of fused-ring (bicyclic) bond motifs is 1. The molecule has 20 heavy (non-hydrogen) atoms. The van der Waals surface area contributed by atoms with E-state index in [2.05, 4.69) is 5.16 Å². The average Bonchev–Trinajstić information content (AvgIpc) is 3.03. The van der Waals surface area contributed by atoms with Crippen molar-refractivity contribution in [3.63, 3.8) is 0 Å². The van der Waals surface area contributed by atoms with Gasteiger partial charge in [-0.3, -0.25) is 0 Å². The number of hydrogen-bond donors (Lipinski definition) is 0. The number of esters is 1. The highest BCUT2D eigenvalue weighted by molar-refractivity contribution is 7.20. The SMILES string of the molecule is Cc1cc(COC(=O)c2cc3c(F)cccc3s2)on1. The van der Waals surface area contributed by atoms with E-state index in [1.54, 1.807) is 25.1 Å². The molecule has 2 heterocycles. The zero-order valence-corrected chi connectivity index (χ0v) is 11.4. The number of ether oxygens (including phenoxy) is 1. The fraction of sp³-hybridized carbons (Fsp3) is 0.143. The fourth-order valence-corrected chi connectivity index (χ4v) is 2.79. The van der Waals surface area contributed by atoms with Crippen molar-refractivity contribution in [3.05, 3.63) is 52.5 Å². The van der Waals surface area contributed by atoms with Gasteiger partial charge in [0, 0.05) is 16.2 Å². The highest BCUT2D eigenvalue weighted by Crippen LogP contribution is 2.28. The Morgan fingerprint density at radius 3 is 3.00 bits per heavy atom. The maximum absolute atomic E-state index is 13.5. The molecule has 0 saturated heterocycles. The van der Waals surface area contributed by atoms with E-state index in [0.717, 1.165) is 5.69 Å². The molecule has 3 aromatic rings. The number of rotatable bonds is 3. The molecule has 0 aliphatic heterocycles. The van der Waals surface area contributed by atoms with Crippen molar-refractivity contribution in [2.45, 2.75) is 13.5 Å². The number of carbonyl (C=O) groups excluding carboxylic acids is 1. The van der Waals surface area contributed by atoms with Crippen molar-refractivity contribution in [2.75, 3.05) is 0 Å². The maximum atomic E-state index is 13.5. The lowest BCUT2D eigenvalue weighted by atomic mass is 10.2. The normalized spacial score (nSPS) is 10.9. The van der Waals surface area contributed by atoms with Crippen LogP contribution in [0, 0.1) is 12.7 Å². The first kappa shape index (κ1) is 12.8. The minimum atomic E-state index is -0.500. The number of carbonyl (C=O) groups is 1. The number of aromatic nitrogens is 1. The Labute approximate surface area is 117 Å². The summed E-state index contributed by atoms with van der Waals surface area (Å²) in [6, 6.07) is 7.93. The fourth-order valence-electron chi connectivity index (χ4n) is 1.82. The lowest BCUT2D eigenvalue weighted by molar-refractivity contribution is 0.0443. The molecular weight excluding hydrogens is 281 g/mol. The van der Waals surface area contributed by atoms with E-state index in [-0.39, 0.29) is 12.4 Å². The molecule has 0 fully saturated rings. The molecule has 3 rings (SSSR count). The largest absolute Gasteiger partial charge is 0.453 e. The smallest absolute Gasteiger partial charge is 0.348 e. The number of aryl methyl sites for hydroxylation is 1. The van der Waals surface area contributed by atoms with E-state index in [9.17, 15) is 9.18 Å². The molecule has 0 saturated carbocycles. The van der Waals surface area contributed by atoms with Gasteiger partial charge in [0.05, 0.1) is 5.69 Å². The van der Waals surface area contributed by atoms with Crippen LogP contribution < -0.4 is 0 Å². The van der Waals surface area contributed by atoms with Gasteiger partial charge in [-0.1, -0.05) is 11.2 Å². The summed E-state index contributed by atoms with van der Waals surface area (Å²) < 4.78 is 24.3. The summed E-state index contributed by atoms with van der Waals surface area (Å²) in [7, 11) is 0. The van der Waals surface area contributed by atoms with Gasteiger partial charge < -0.3 is 9.26 Å². The predicted octanol–water partition coefficient (Wildman–Crippen LogP) is 3.69. The van der Waals surface area contributed by atoms with Crippen molar-refractivity contribution < 1.29 is 18.4 Å². The molecule has 0 N–H and O–H groups in total. The third-order valence-corrected chi connectivity index (χ3v) is 3.81. The average molecular weight is 291 g/mol. The van der Waals surface area contributed by atoms with Crippen molar-refractivity contribution in [1.29, 1.82) is 0 Å². The summed E-state index contributed by atoms with van der Waals surface area (Å²) in [6.45, 7) is 1.79. The molecule has 6 heteroatoms. The number of hydrogen-bond acceptors (Lipinski definition) is 5. The van der Waals surface area contributed by atoms with Crippen molar-refractivity contribution in [1.82, 2.24) is 5.16 Å². The van der Waals surface area contributed by atoms with Gasteiger partial charge in [0.2, 0.25) is 0 Å². The Bertz CT molecular complexity index is 778. The minimum Gasteiger partial charge on any atom is -0.453 e. The Morgan fingerprint density at radius 2 is 2.30 bits per heavy atom. The zero-order chi connectivity index (χ0) is 14.1. The molecule has 0 spiro atoms. The van der Waals surface area contributed by atoms with Gasteiger partial charge in [-0.05, 0) is 25.1 Å². The molecule has 0 unspecified atom stereocenters. The van der Waals surface area contributed by atoms with Crippen LogP contribution >= 0.6 is 11.3 Å². The number of halogens is 1. The van der Waals surface area contributed by atoms with Crippen LogP contribution in [0.2, 0.25) is 0 Å². The number of thiophene rings is 1. The van der Waals surface area contributed by atoms with E-state index < -0.39 is 5.97 Å². The summed E-state index contributed by atoms with van der Waals surface area (Å²) >= 11 is 1.20. The Hall–Kier alpha value is -2.21. The molecule has 1 aromatic carbocycles. The molecule has 4 nitrogen and oxygen atoms in total. The maximum Gasteiger partial charge on any atom is 0.348 e. The van der Waals surface area contributed by atoms with Crippen molar-refractivity contribution >= 4 is 27.4 Å². The Kier molecular flexibility index (Phi) is 3.23. The molecule has 0 radical (unpaired) electrons. The second kappa shape index (κ2) is 5.05. The highest BCUT2D eigenvalue weighted by Gasteiger charge is 2.14. The van der Waals surface area contributed by atoms with Gasteiger partial charge in [0.1, 0.15) is 10.7 Å². The third kappa shape index (κ3) is 2.42. The van der Waals surface area contributed by atoms with Crippen LogP contribution in [0.1, 0.15) is 21.1 Å². The van der Waals surface area contributed by atoms with Crippen LogP contribution in [-0.2, 0) is 11.3 Å². The monoisotopic (exact) mass is 291 g/mol. The molecule has 0 aliphatic carbocycles. The van der Waals surface area contributed by atoms with Crippen LogP contribution in [0.5, 0.6) is 0 Å². The lowest BCUT2D eigenvalue weighted by Crippen LogP contribution is -2.02. The lowest BCUT2D eigenvalue weighted by Gasteiger charge is -1.98. The molecule has 2 aromatic heterocycles. The summed E-state index contributed by atoms with van der Waals surface area (Å²) in [5, 5.41) is 4.13. The summed E-state index contributed by atoms with van der Waals surface area (Å²) in [5.74, 6) is -0.369. The van der Waals surface area contributed by atoms with Crippen molar-refractivity contribution in [3.8, 4) is 0 Å². The highest BCUT2D eigenvalue weighted by atomic mass is 32.1. The summed E-state index contributed by atoms with van der Waals surface area (Å²) in [6.07, 6.45) is 0. The van der Waals surface area contributed by atoms with E-state index in [4.69, 9.17) is 9.26 Å². The number of nitrogens with zero attached hydrogens (tertiary/aromatic N) is 1. The molecule has 102 valence electrons. The van der Waals surface area contributed by atoms with Crippen LogP contribution in [-0.4, -0.2) is 11.1 Å². The standard InChI is InChI=1S/C14H10FNO3S/c1-8-5-9(19-16-8)7-18-14(17)13-6-10-11(15)3-2-4-12(10)20-13/h2-6H,7H2,1H3. The Morgan fingerprint density at radius 1 is 1.45 bits per heavy atom. The molecule has 0 aliphatic rings. The van der Waals surface area contributed by atoms with Gasteiger partial charge in [-0.2, -0.15) is 0 Å². The van der Waals surface area contributed by atoms with Crippen LogP contribution in [0.3, 0.4) is 0 Å². The van der Waals surface area contributed by atoms with Gasteiger partial charge in [0.15, 0.2) is 12.4 Å². The molecule has 0 atom stereocenters. The minimum absolute atomic E-state index is 0.0103. The van der Waals surface area contributed by atoms with Gasteiger partial charge >= 0.3 is 5.97 Å². The van der Waals surface area contributed by atoms with Crippen LogP contribution in [0.15, 0.2) is 34.9 Å². The van der Waals surface area contributed by atoms with Crippen LogP contribution in [0.25, 0.3) is 10.1 Å². The Balaban J connectivity index is 1.77. The van der Waals surface area contributed by atoms with Crippen molar-refractivity contribution in [2.24, 2.45) is 0 Å². The summed E-state index contributed by atoms with van der Waals surface area (Å²) in [5.41, 5.74) is 0.722. The first-order valence-electron chi connectivity index (χ1n) is 5.91. The van der Waals surface area contributed by atoms with E-state index in [1.807, 2.05) is 0 Å². The van der Waals surface area contributed by atoms with Crippen LogP contribution in [0.4, 0.5) is 4.39 Å². The topological polar surface area (TPSA) is 52.3 Å². The second-order valence-electron chi connectivity index (χ2n) is 4.27. The second-order valence-corrected chi connectivity index (χ2v) is 5.36. The first-order valence-corrected chi connectivity index (χ1v) is 6.72. The van der Waals surface area contributed by atoms with E-state index in [0.29, 0.717) is 20.7 Å². The molecule has 0 amide bonds. The molecule has 0 bridgehead atoms. The third-order valence-electron chi connectivity index (χ3n) is 2.73. The number of benzene rings is 1.